The molecule has 136 valence electrons. The van der Waals surface area contributed by atoms with Crippen molar-refractivity contribution in [2.45, 2.75) is 0 Å². The summed E-state index contributed by atoms with van der Waals surface area (Å²) in [6.45, 7) is 0. The number of terminal acetylenes is 1. The number of carboxylic acid groups (broad SMARTS) is 1. The Labute approximate surface area is 176 Å². The minimum absolute atomic E-state index is 0. The normalized spacial score (nSPS) is 9.62. The van der Waals surface area contributed by atoms with Gasteiger partial charge in [0, 0.05) is 18.0 Å². The number of hydrogen-bond donors (Lipinski definition) is 1. The molecule has 0 spiro atoms. The van der Waals surface area contributed by atoms with Crippen LogP contribution in [0.4, 0.5) is 10.1 Å². The third-order valence-electron chi connectivity index (χ3n) is 3.70. The number of nitrogens with one attached hydrogen (secondary N) is 1. The maximum absolute atomic E-state index is 13.7. The van der Waals surface area contributed by atoms with Gasteiger partial charge in [-0.3, -0.25) is 4.79 Å². The Morgan fingerprint density at radius 1 is 1.24 bits per heavy atom. The number of nitriles is 1. The van der Waals surface area contributed by atoms with E-state index in [0.717, 1.165) is 6.07 Å². The van der Waals surface area contributed by atoms with Crippen LogP contribution in [0.15, 0.2) is 42.7 Å². The third kappa shape index (κ3) is 4.51. The molecule has 1 N–H and O–H groups in total. The minimum Gasteiger partial charge on any atom is -0.545 e. The molecule has 0 saturated carbocycles. The molecule has 1 aromatic carbocycles. The summed E-state index contributed by atoms with van der Waals surface area (Å²) in [7, 11) is 0. The zero-order valence-electron chi connectivity index (χ0n) is 15.0. The predicted octanol–water partition coefficient (Wildman–Crippen LogP) is -2.12. The van der Waals surface area contributed by atoms with Crippen molar-refractivity contribution in [3.05, 3.63) is 70.9 Å². The number of hydrogen-bond acceptors (Lipinski definition) is 6. The summed E-state index contributed by atoms with van der Waals surface area (Å²) >= 11 is 0. The van der Waals surface area contributed by atoms with Crippen molar-refractivity contribution in [2.75, 3.05) is 5.32 Å². The van der Waals surface area contributed by atoms with E-state index in [4.69, 9.17) is 11.7 Å². The van der Waals surface area contributed by atoms with Crippen molar-refractivity contribution in [3.8, 4) is 24.2 Å². The van der Waals surface area contributed by atoms with E-state index in [0.29, 0.717) is 17.4 Å². The van der Waals surface area contributed by atoms with Gasteiger partial charge in [0.1, 0.15) is 11.9 Å². The Hall–Kier alpha value is -3.90. The molecule has 0 unspecified atom stereocenters. The molecule has 3 aromatic rings. The van der Waals surface area contributed by atoms with Crippen LogP contribution in [0.2, 0.25) is 0 Å². The molecular weight excluding hydrogens is 372 g/mol. The largest absolute Gasteiger partial charge is 1.00 e. The van der Waals surface area contributed by atoms with Gasteiger partial charge in [-0.15, -0.1) is 16.6 Å². The van der Waals surface area contributed by atoms with E-state index in [1.807, 2.05) is 6.07 Å². The second-order valence-electron chi connectivity index (χ2n) is 5.46. The first-order valence-corrected chi connectivity index (χ1v) is 7.68. The van der Waals surface area contributed by atoms with E-state index in [1.54, 1.807) is 16.8 Å². The Kier molecular flexibility index (Phi) is 6.54. The summed E-state index contributed by atoms with van der Waals surface area (Å²) in [4.78, 5) is 23.5. The van der Waals surface area contributed by atoms with Crippen molar-refractivity contribution in [1.82, 2.24) is 14.8 Å². The summed E-state index contributed by atoms with van der Waals surface area (Å²) in [5, 5.41) is 30.0. The number of carbonyl (C=O) groups excluding carboxylic acids is 2. The fourth-order valence-electron chi connectivity index (χ4n) is 2.33. The summed E-state index contributed by atoms with van der Waals surface area (Å²) in [6.07, 6.45) is 8.30. The Bertz CT molecular complexity index is 1180. The smallest absolute Gasteiger partial charge is 0.545 e. The number of aromatic nitrogens is 3. The Morgan fingerprint density at radius 2 is 2.00 bits per heavy atom. The van der Waals surface area contributed by atoms with E-state index in [-0.39, 0.29) is 35.8 Å². The van der Waals surface area contributed by atoms with Gasteiger partial charge in [0.2, 0.25) is 0 Å². The second-order valence-corrected chi connectivity index (χ2v) is 5.46. The first-order valence-electron chi connectivity index (χ1n) is 7.68. The van der Waals surface area contributed by atoms with Crippen LogP contribution in [0.3, 0.4) is 0 Å². The van der Waals surface area contributed by atoms with Crippen LogP contribution >= 0.6 is 0 Å². The molecule has 1 amide bonds. The van der Waals surface area contributed by atoms with Gasteiger partial charge in [0.15, 0.2) is 11.5 Å². The molecule has 8 nitrogen and oxygen atoms in total. The summed E-state index contributed by atoms with van der Waals surface area (Å²) in [5.74, 6) is -0.961. The number of carboxylic acids is 1. The quantitative estimate of drug-likeness (QED) is 0.407. The number of benzene rings is 1. The first-order chi connectivity index (χ1) is 13.4. The van der Waals surface area contributed by atoms with Crippen LogP contribution in [0.1, 0.15) is 32.0 Å². The molecule has 2 aromatic heterocycles. The van der Waals surface area contributed by atoms with Gasteiger partial charge in [0.05, 0.1) is 22.8 Å². The molecule has 10 heteroatoms. The van der Waals surface area contributed by atoms with Crippen molar-refractivity contribution in [1.29, 1.82) is 5.26 Å². The van der Waals surface area contributed by atoms with Gasteiger partial charge in [-0.2, -0.15) is 5.26 Å². The van der Waals surface area contributed by atoms with Crippen molar-refractivity contribution in [2.24, 2.45) is 0 Å². The molecule has 2 heterocycles. The van der Waals surface area contributed by atoms with Gasteiger partial charge in [0.25, 0.3) is 5.91 Å². The van der Waals surface area contributed by atoms with E-state index in [9.17, 15) is 19.1 Å². The molecule has 0 aliphatic rings. The minimum atomic E-state index is -1.68. The first kappa shape index (κ1) is 21.4. The number of halogens is 1. The zero-order chi connectivity index (χ0) is 20.3. The Balaban J connectivity index is 0.00000300. The maximum Gasteiger partial charge on any atom is 1.00 e. The number of rotatable bonds is 4. The summed E-state index contributed by atoms with van der Waals surface area (Å²) in [6, 6.07) is 8.09. The number of amides is 1. The summed E-state index contributed by atoms with van der Waals surface area (Å²) < 4.78 is 15.2. The topological polar surface area (TPSA) is 124 Å². The standard InChI is InChI=1S/C19H10FN5O3.Li/c1-2-12-7-16(13(19(27)28)8-14(12)20)22-18(26)15-3-4-17(24-23-15)25-6-5-11(9-21)10-25;/h1,3-8,10H,(H,22,26)(H,27,28);/q;+1/p-1. The molecule has 29 heavy (non-hydrogen) atoms. The molecule has 0 radical (unpaired) electrons. The Morgan fingerprint density at radius 3 is 2.55 bits per heavy atom. The van der Waals surface area contributed by atoms with Crippen molar-refractivity contribution in [3.63, 3.8) is 0 Å². The maximum atomic E-state index is 13.7. The molecule has 0 aliphatic carbocycles. The third-order valence-corrected chi connectivity index (χ3v) is 3.70. The number of nitrogens with zero attached hydrogens (tertiary/aromatic N) is 4. The van der Waals surface area contributed by atoms with E-state index in [2.05, 4.69) is 21.4 Å². The predicted molar refractivity (Wildman–Crippen MR) is 92.7 cm³/mol. The fraction of sp³-hybridized carbons (Fsp3) is 0. The zero-order valence-corrected chi connectivity index (χ0v) is 15.0. The van der Waals surface area contributed by atoms with Crippen molar-refractivity contribution >= 4 is 17.6 Å². The van der Waals surface area contributed by atoms with Gasteiger partial charge in [-0.05, 0) is 30.3 Å². The van der Waals surface area contributed by atoms with Gasteiger partial charge < -0.3 is 19.8 Å². The average molecular weight is 381 g/mol. The van der Waals surface area contributed by atoms with Gasteiger partial charge in [-0.25, -0.2) is 4.39 Å². The fourth-order valence-corrected chi connectivity index (χ4v) is 2.33. The van der Waals surface area contributed by atoms with Crippen LogP contribution < -0.4 is 29.3 Å². The van der Waals surface area contributed by atoms with E-state index >= 15 is 0 Å². The second kappa shape index (κ2) is 8.86. The molecule has 3 rings (SSSR count). The molecular formula is C19H9FLiN5O3. The molecule has 0 saturated heterocycles. The number of aromatic carboxylic acids is 1. The summed E-state index contributed by atoms with van der Waals surface area (Å²) in [5.41, 5.74) is -0.700. The average Bonchev–Trinajstić information content (AvgIpc) is 3.18. The van der Waals surface area contributed by atoms with Crippen LogP contribution in [-0.2, 0) is 0 Å². The van der Waals surface area contributed by atoms with Crippen LogP contribution in [-0.4, -0.2) is 26.6 Å². The van der Waals surface area contributed by atoms with Crippen LogP contribution in [0.25, 0.3) is 5.82 Å². The molecule has 0 bridgehead atoms. The molecule has 0 fully saturated rings. The van der Waals surface area contributed by atoms with E-state index < -0.39 is 23.3 Å². The number of anilines is 1. The van der Waals surface area contributed by atoms with Crippen LogP contribution in [0.5, 0.6) is 0 Å². The number of carbonyl (C=O) groups is 2. The van der Waals surface area contributed by atoms with Gasteiger partial charge in [-0.1, -0.05) is 5.92 Å². The monoisotopic (exact) mass is 381 g/mol. The van der Waals surface area contributed by atoms with Gasteiger partial charge >= 0.3 is 18.9 Å². The molecule has 0 atom stereocenters. The van der Waals surface area contributed by atoms with Crippen LogP contribution in [0, 0.1) is 29.5 Å². The van der Waals surface area contributed by atoms with Crippen molar-refractivity contribution < 1.29 is 37.9 Å². The SMILES string of the molecule is C#Cc1cc(NC(=O)c2ccc(-n3ccc(C#N)c3)nn2)c(C(=O)[O-])cc1F.[Li+]. The van der Waals surface area contributed by atoms with E-state index in [1.165, 1.54) is 18.3 Å². The molecule has 0 aliphatic heterocycles.